The second-order valence-electron chi connectivity index (χ2n) is 3.92. The van der Waals surface area contributed by atoms with E-state index in [1.54, 1.807) is 12.1 Å². The van der Waals surface area contributed by atoms with Crippen LogP contribution in [0.1, 0.15) is 17.5 Å². The molecule has 16 heavy (non-hydrogen) atoms. The van der Waals surface area contributed by atoms with Crippen molar-refractivity contribution < 1.29 is 8.42 Å². The van der Waals surface area contributed by atoms with E-state index >= 15 is 0 Å². The molecule has 0 fully saturated rings. The Kier molecular flexibility index (Phi) is 3.12. The van der Waals surface area contributed by atoms with Gasteiger partial charge in [0.1, 0.15) is 0 Å². The molecule has 0 aliphatic heterocycles. The average Bonchev–Trinajstić information content (AvgIpc) is 2.73. The minimum Gasteiger partial charge on any atom is -0.207 e. The lowest BCUT2D eigenvalue weighted by molar-refractivity contribution is 0.585. The summed E-state index contributed by atoms with van der Waals surface area (Å²) in [5.74, 6) is 0. The fourth-order valence-corrected chi connectivity index (χ4v) is 3.02. The van der Waals surface area contributed by atoms with Crippen LogP contribution in [0.3, 0.4) is 0 Å². The number of hydrogen-bond donors (Lipinski definition) is 1. The number of hydrogen-bond acceptors (Lipinski definition) is 2. The molecular formula is C12H15NO2S. The number of benzene rings is 1. The summed E-state index contributed by atoms with van der Waals surface area (Å²) in [7, 11) is -3.37. The number of rotatable bonds is 4. The molecule has 0 aromatic heterocycles. The van der Waals surface area contributed by atoms with Crippen LogP contribution < -0.4 is 4.72 Å². The van der Waals surface area contributed by atoms with Gasteiger partial charge in [0, 0.05) is 6.54 Å². The van der Waals surface area contributed by atoms with Crippen LogP contribution in [-0.2, 0) is 22.9 Å². The highest BCUT2D eigenvalue weighted by molar-refractivity contribution is 7.89. The molecule has 0 radical (unpaired) electrons. The fourth-order valence-electron chi connectivity index (χ4n) is 1.97. The summed E-state index contributed by atoms with van der Waals surface area (Å²) in [6.45, 7) is 3.75. The van der Waals surface area contributed by atoms with E-state index in [0.717, 1.165) is 19.3 Å². The standard InChI is InChI=1S/C12H15NO2S/c1-2-8-13-16(14,15)12-7-6-10-4-3-5-11(10)9-12/h2,6-7,9,13H,1,3-5,8H2. The molecule has 0 unspecified atom stereocenters. The molecule has 3 nitrogen and oxygen atoms in total. The number of sulfonamides is 1. The quantitative estimate of drug-likeness (QED) is 0.809. The molecule has 4 heteroatoms. The summed E-state index contributed by atoms with van der Waals surface area (Å²) in [5, 5.41) is 0. The van der Waals surface area contributed by atoms with E-state index in [1.165, 1.54) is 17.2 Å². The van der Waals surface area contributed by atoms with Gasteiger partial charge in [-0.25, -0.2) is 13.1 Å². The van der Waals surface area contributed by atoms with E-state index in [1.807, 2.05) is 6.07 Å². The van der Waals surface area contributed by atoms with Crippen molar-refractivity contribution in [2.75, 3.05) is 6.54 Å². The van der Waals surface area contributed by atoms with Gasteiger partial charge in [-0.15, -0.1) is 6.58 Å². The van der Waals surface area contributed by atoms with Crippen molar-refractivity contribution in [3.8, 4) is 0 Å². The molecular weight excluding hydrogens is 222 g/mol. The second kappa shape index (κ2) is 4.39. The molecule has 1 aromatic carbocycles. The van der Waals surface area contributed by atoms with Gasteiger partial charge in [-0.3, -0.25) is 0 Å². The van der Waals surface area contributed by atoms with Crippen molar-refractivity contribution in [1.82, 2.24) is 4.72 Å². The van der Waals surface area contributed by atoms with Crippen LogP contribution in [0.25, 0.3) is 0 Å². The van der Waals surface area contributed by atoms with Gasteiger partial charge in [0.05, 0.1) is 4.90 Å². The Morgan fingerprint density at radius 3 is 2.81 bits per heavy atom. The van der Waals surface area contributed by atoms with Gasteiger partial charge in [0.2, 0.25) is 10.0 Å². The van der Waals surface area contributed by atoms with Crippen LogP contribution >= 0.6 is 0 Å². The van der Waals surface area contributed by atoms with E-state index < -0.39 is 10.0 Å². The minimum absolute atomic E-state index is 0.263. The van der Waals surface area contributed by atoms with Gasteiger partial charge in [0.15, 0.2) is 0 Å². The highest BCUT2D eigenvalue weighted by Gasteiger charge is 2.17. The van der Waals surface area contributed by atoms with Crippen molar-refractivity contribution in [2.45, 2.75) is 24.2 Å². The first-order valence-corrected chi connectivity index (χ1v) is 6.84. The maximum Gasteiger partial charge on any atom is 0.240 e. The SMILES string of the molecule is C=CCNS(=O)(=O)c1ccc2c(c1)CCC2. The average molecular weight is 237 g/mol. The fraction of sp³-hybridized carbons (Fsp3) is 0.333. The number of aryl methyl sites for hydroxylation is 2. The van der Waals surface area contributed by atoms with E-state index in [-0.39, 0.29) is 6.54 Å². The highest BCUT2D eigenvalue weighted by atomic mass is 32.2. The summed E-state index contributed by atoms with van der Waals surface area (Å²) in [6, 6.07) is 5.38. The molecule has 0 heterocycles. The van der Waals surface area contributed by atoms with Gasteiger partial charge in [-0.1, -0.05) is 12.1 Å². The predicted octanol–water partition coefficient (Wildman–Crippen LogP) is 1.64. The third-order valence-electron chi connectivity index (χ3n) is 2.80. The van der Waals surface area contributed by atoms with Crippen molar-refractivity contribution in [3.05, 3.63) is 42.0 Å². The molecule has 1 N–H and O–H groups in total. The predicted molar refractivity (Wildman–Crippen MR) is 63.9 cm³/mol. The van der Waals surface area contributed by atoms with Crippen molar-refractivity contribution >= 4 is 10.0 Å². The Balaban J connectivity index is 2.30. The Morgan fingerprint density at radius 2 is 2.06 bits per heavy atom. The molecule has 1 aliphatic carbocycles. The van der Waals surface area contributed by atoms with Crippen LogP contribution in [0.2, 0.25) is 0 Å². The van der Waals surface area contributed by atoms with Gasteiger partial charge in [-0.05, 0) is 42.5 Å². The lowest BCUT2D eigenvalue weighted by atomic mass is 10.1. The van der Waals surface area contributed by atoms with Crippen LogP contribution in [0.5, 0.6) is 0 Å². The molecule has 0 spiro atoms. The molecule has 1 aromatic rings. The molecule has 2 rings (SSSR count). The van der Waals surface area contributed by atoms with Crippen molar-refractivity contribution in [1.29, 1.82) is 0 Å². The first-order valence-electron chi connectivity index (χ1n) is 5.36. The van der Waals surface area contributed by atoms with E-state index in [2.05, 4.69) is 11.3 Å². The van der Waals surface area contributed by atoms with Gasteiger partial charge < -0.3 is 0 Å². The normalized spacial score (nSPS) is 14.8. The van der Waals surface area contributed by atoms with Crippen LogP contribution in [-0.4, -0.2) is 15.0 Å². The van der Waals surface area contributed by atoms with Crippen LogP contribution in [0.15, 0.2) is 35.7 Å². The topological polar surface area (TPSA) is 46.2 Å². The molecule has 0 amide bonds. The zero-order valence-corrected chi connectivity index (χ0v) is 9.89. The zero-order valence-electron chi connectivity index (χ0n) is 9.07. The third kappa shape index (κ3) is 2.18. The maximum absolute atomic E-state index is 11.8. The smallest absolute Gasteiger partial charge is 0.207 e. The first kappa shape index (κ1) is 11.4. The lowest BCUT2D eigenvalue weighted by Gasteiger charge is -2.06. The summed E-state index contributed by atoms with van der Waals surface area (Å²) < 4.78 is 26.1. The Hall–Kier alpha value is -1.13. The molecule has 86 valence electrons. The monoisotopic (exact) mass is 237 g/mol. The number of nitrogens with one attached hydrogen (secondary N) is 1. The largest absolute Gasteiger partial charge is 0.240 e. The molecule has 1 aliphatic rings. The van der Waals surface area contributed by atoms with E-state index in [4.69, 9.17) is 0 Å². The van der Waals surface area contributed by atoms with Gasteiger partial charge >= 0.3 is 0 Å². The Morgan fingerprint density at radius 1 is 1.31 bits per heavy atom. The molecule has 0 atom stereocenters. The van der Waals surface area contributed by atoms with Gasteiger partial charge in [0.25, 0.3) is 0 Å². The van der Waals surface area contributed by atoms with Crippen molar-refractivity contribution in [2.24, 2.45) is 0 Å². The summed E-state index contributed by atoms with van der Waals surface area (Å²) >= 11 is 0. The Labute approximate surface area is 96.2 Å². The van der Waals surface area contributed by atoms with Crippen LogP contribution in [0, 0.1) is 0 Å². The molecule has 0 saturated heterocycles. The second-order valence-corrected chi connectivity index (χ2v) is 5.69. The highest BCUT2D eigenvalue weighted by Crippen LogP contribution is 2.24. The third-order valence-corrected chi connectivity index (χ3v) is 4.22. The van der Waals surface area contributed by atoms with Gasteiger partial charge in [-0.2, -0.15) is 0 Å². The zero-order chi connectivity index (χ0) is 11.6. The van der Waals surface area contributed by atoms with E-state index in [9.17, 15) is 8.42 Å². The molecule has 0 bridgehead atoms. The lowest BCUT2D eigenvalue weighted by Crippen LogP contribution is -2.23. The molecule has 0 saturated carbocycles. The van der Waals surface area contributed by atoms with Crippen molar-refractivity contribution in [3.63, 3.8) is 0 Å². The summed E-state index contributed by atoms with van der Waals surface area (Å²) in [6.07, 6.45) is 4.71. The summed E-state index contributed by atoms with van der Waals surface area (Å²) in [5.41, 5.74) is 2.45. The first-order chi connectivity index (χ1) is 7.63. The summed E-state index contributed by atoms with van der Waals surface area (Å²) in [4.78, 5) is 0.356. The Bertz CT molecular complexity index is 506. The number of fused-ring (bicyclic) bond motifs is 1. The van der Waals surface area contributed by atoms with E-state index in [0.29, 0.717) is 4.90 Å². The van der Waals surface area contributed by atoms with Crippen LogP contribution in [0.4, 0.5) is 0 Å². The maximum atomic E-state index is 11.8. The minimum atomic E-state index is -3.37.